The van der Waals surface area contributed by atoms with Gasteiger partial charge in [-0.3, -0.25) is 4.79 Å². The average molecular weight is 348 g/mol. The van der Waals surface area contributed by atoms with Crippen molar-refractivity contribution in [2.45, 2.75) is 51.6 Å². The number of amides is 1. The van der Waals surface area contributed by atoms with Gasteiger partial charge in [0.05, 0.1) is 10.7 Å². The number of aryl methyl sites for hydroxylation is 2. The normalized spacial score (nSPS) is 20.8. The third kappa shape index (κ3) is 3.60. The van der Waals surface area contributed by atoms with Gasteiger partial charge in [-0.25, -0.2) is 9.67 Å². The van der Waals surface area contributed by atoms with Gasteiger partial charge in [-0.2, -0.15) is 5.10 Å². The van der Waals surface area contributed by atoms with Crippen molar-refractivity contribution in [1.29, 1.82) is 0 Å². The number of carbonyl (C=O) groups is 1. The number of halogens is 1. The van der Waals surface area contributed by atoms with Crippen LogP contribution in [0.1, 0.15) is 47.6 Å². The third-order valence-corrected chi connectivity index (χ3v) is 4.69. The number of carbonyl (C=O) groups excluding carboxylic acids is 1. The molecule has 6 nitrogen and oxygen atoms in total. The molecule has 128 valence electrons. The molecule has 2 heterocycles. The molecule has 0 radical (unpaired) electrons. The van der Waals surface area contributed by atoms with Crippen LogP contribution in [0.3, 0.4) is 0 Å². The van der Waals surface area contributed by atoms with E-state index >= 15 is 0 Å². The van der Waals surface area contributed by atoms with E-state index < -0.39 is 0 Å². The van der Waals surface area contributed by atoms with Crippen molar-refractivity contribution in [3.63, 3.8) is 0 Å². The van der Waals surface area contributed by atoms with Gasteiger partial charge in [-0.15, -0.1) is 0 Å². The number of hydrogen-bond acceptors (Lipinski definition) is 4. The van der Waals surface area contributed by atoms with Crippen LogP contribution in [0.2, 0.25) is 5.02 Å². The lowest BCUT2D eigenvalue weighted by Gasteiger charge is -2.26. The Balaban J connectivity index is 1.81. The maximum absolute atomic E-state index is 12.6. The van der Waals surface area contributed by atoms with Crippen LogP contribution in [0, 0.1) is 13.8 Å². The molecule has 3 rings (SSSR count). The molecule has 0 unspecified atom stereocenters. The first kappa shape index (κ1) is 16.9. The lowest BCUT2D eigenvalue weighted by atomic mass is 9.92. The second kappa shape index (κ2) is 6.91. The molecule has 0 aliphatic heterocycles. The Morgan fingerprint density at radius 1 is 1.29 bits per heavy atom. The minimum Gasteiger partial charge on any atom is -0.348 e. The van der Waals surface area contributed by atoms with E-state index in [4.69, 9.17) is 17.3 Å². The molecule has 2 aromatic heterocycles. The minimum absolute atomic E-state index is 0.132. The Morgan fingerprint density at radius 2 is 2.00 bits per heavy atom. The van der Waals surface area contributed by atoms with Gasteiger partial charge in [-0.05, 0) is 57.7 Å². The molecule has 0 bridgehead atoms. The molecule has 1 aliphatic rings. The van der Waals surface area contributed by atoms with Gasteiger partial charge in [0, 0.05) is 17.8 Å². The highest BCUT2D eigenvalue weighted by Crippen LogP contribution is 2.20. The van der Waals surface area contributed by atoms with Crippen molar-refractivity contribution in [2.24, 2.45) is 5.73 Å². The highest BCUT2D eigenvalue weighted by Gasteiger charge is 2.22. The molecule has 24 heavy (non-hydrogen) atoms. The van der Waals surface area contributed by atoms with Gasteiger partial charge in [-0.1, -0.05) is 11.6 Å². The zero-order chi connectivity index (χ0) is 17.3. The van der Waals surface area contributed by atoms with Crippen LogP contribution in [-0.2, 0) is 0 Å². The van der Waals surface area contributed by atoms with Gasteiger partial charge in [0.15, 0.2) is 5.82 Å². The molecule has 3 N–H and O–H groups in total. The van der Waals surface area contributed by atoms with Crippen LogP contribution < -0.4 is 11.1 Å². The first-order valence-electron chi connectivity index (χ1n) is 8.20. The smallest absolute Gasteiger partial charge is 0.271 e. The molecule has 0 atom stereocenters. The summed E-state index contributed by atoms with van der Waals surface area (Å²) in [7, 11) is 0. The van der Waals surface area contributed by atoms with E-state index in [2.05, 4.69) is 15.4 Å². The minimum atomic E-state index is -0.246. The van der Waals surface area contributed by atoms with Crippen LogP contribution in [0.15, 0.2) is 18.2 Å². The van der Waals surface area contributed by atoms with E-state index in [9.17, 15) is 4.79 Å². The summed E-state index contributed by atoms with van der Waals surface area (Å²) in [5, 5.41) is 7.76. The number of pyridine rings is 1. The molecule has 0 spiro atoms. The summed E-state index contributed by atoms with van der Waals surface area (Å²) < 4.78 is 1.71. The number of nitrogens with two attached hydrogens (primary N) is 1. The Hall–Kier alpha value is -1.92. The van der Waals surface area contributed by atoms with E-state index in [1.54, 1.807) is 16.8 Å². The van der Waals surface area contributed by atoms with Gasteiger partial charge < -0.3 is 11.1 Å². The molecule has 2 aromatic rings. The highest BCUT2D eigenvalue weighted by molar-refractivity contribution is 6.33. The predicted octanol–water partition coefficient (Wildman–Crippen LogP) is 2.54. The fourth-order valence-corrected chi connectivity index (χ4v) is 3.28. The van der Waals surface area contributed by atoms with Crippen LogP contribution in [-0.4, -0.2) is 32.8 Å². The lowest BCUT2D eigenvalue weighted by molar-refractivity contribution is 0.0921. The Labute approximate surface area is 146 Å². The van der Waals surface area contributed by atoms with E-state index in [0.717, 1.165) is 37.1 Å². The Kier molecular flexibility index (Phi) is 4.87. The quantitative estimate of drug-likeness (QED) is 0.893. The summed E-state index contributed by atoms with van der Waals surface area (Å²) in [5.41, 5.74) is 7.99. The number of aromatic nitrogens is 3. The maximum atomic E-state index is 12.6. The topological polar surface area (TPSA) is 85.8 Å². The summed E-state index contributed by atoms with van der Waals surface area (Å²) in [6, 6.07) is 5.78. The second-order valence-electron chi connectivity index (χ2n) is 6.42. The summed E-state index contributed by atoms with van der Waals surface area (Å²) >= 11 is 6.19. The highest BCUT2D eigenvalue weighted by atomic mass is 35.5. The molecule has 1 saturated carbocycles. The van der Waals surface area contributed by atoms with Crippen LogP contribution in [0.5, 0.6) is 0 Å². The molecule has 0 aromatic carbocycles. The summed E-state index contributed by atoms with van der Waals surface area (Å²) in [5.74, 6) is 0.338. The van der Waals surface area contributed by atoms with Crippen molar-refractivity contribution in [3.05, 3.63) is 40.3 Å². The summed E-state index contributed by atoms with van der Waals surface area (Å²) in [6.45, 7) is 3.86. The standard InChI is InChI=1S/C17H22ClN5O/c1-10-9-11(2)23(22-10)15-8-7-14(18)16(21-15)17(24)20-13-5-3-12(19)4-6-13/h7-9,12-13H,3-6,19H2,1-2H3,(H,20,24). The Bertz CT molecular complexity index is 749. The molecule has 1 amide bonds. The molecule has 1 fully saturated rings. The molecular weight excluding hydrogens is 326 g/mol. The molecule has 0 saturated heterocycles. The zero-order valence-electron chi connectivity index (χ0n) is 13.9. The Morgan fingerprint density at radius 3 is 2.62 bits per heavy atom. The van der Waals surface area contributed by atoms with Crippen molar-refractivity contribution in [3.8, 4) is 5.82 Å². The summed E-state index contributed by atoms with van der Waals surface area (Å²) in [4.78, 5) is 17.0. The van der Waals surface area contributed by atoms with Gasteiger partial charge in [0.25, 0.3) is 5.91 Å². The monoisotopic (exact) mass is 347 g/mol. The van der Waals surface area contributed by atoms with E-state index in [-0.39, 0.29) is 23.7 Å². The zero-order valence-corrected chi connectivity index (χ0v) is 14.7. The number of hydrogen-bond donors (Lipinski definition) is 2. The van der Waals surface area contributed by atoms with Crippen molar-refractivity contribution >= 4 is 17.5 Å². The van der Waals surface area contributed by atoms with Gasteiger partial charge >= 0.3 is 0 Å². The van der Waals surface area contributed by atoms with E-state index in [0.29, 0.717) is 10.8 Å². The van der Waals surface area contributed by atoms with Crippen molar-refractivity contribution < 1.29 is 4.79 Å². The van der Waals surface area contributed by atoms with Crippen LogP contribution >= 0.6 is 11.6 Å². The molecule has 1 aliphatic carbocycles. The number of nitrogens with zero attached hydrogens (tertiary/aromatic N) is 3. The summed E-state index contributed by atoms with van der Waals surface area (Å²) in [6.07, 6.45) is 3.64. The van der Waals surface area contributed by atoms with E-state index in [1.165, 1.54) is 0 Å². The van der Waals surface area contributed by atoms with Crippen LogP contribution in [0.4, 0.5) is 0 Å². The predicted molar refractivity (Wildman–Crippen MR) is 93.5 cm³/mol. The largest absolute Gasteiger partial charge is 0.348 e. The SMILES string of the molecule is Cc1cc(C)n(-c2ccc(Cl)c(C(=O)NC3CCC(N)CC3)n2)n1. The third-order valence-electron chi connectivity index (χ3n) is 4.38. The average Bonchev–Trinajstić information content (AvgIpc) is 2.88. The number of rotatable bonds is 3. The van der Waals surface area contributed by atoms with Crippen LogP contribution in [0.25, 0.3) is 5.82 Å². The lowest BCUT2D eigenvalue weighted by Crippen LogP contribution is -2.40. The first-order valence-corrected chi connectivity index (χ1v) is 8.58. The second-order valence-corrected chi connectivity index (χ2v) is 6.83. The maximum Gasteiger partial charge on any atom is 0.271 e. The number of nitrogens with one attached hydrogen (secondary N) is 1. The van der Waals surface area contributed by atoms with Gasteiger partial charge in [0.2, 0.25) is 0 Å². The first-order chi connectivity index (χ1) is 11.4. The van der Waals surface area contributed by atoms with Crippen molar-refractivity contribution in [2.75, 3.05) is 0 Å². The van der Waals surface area contributed by atoms with Crippen molar-refractivity contribution in [1.82, 2.24) is 20.1 Å². The fraction of sp³-hybridized carbons (Fsp3) is 0.471. The molecular formula is C17H22ClN5O. The van der Waals surface area contributed by atoms with E-state index in [1.807, 2.05) is 19.9 Å². The fourth-order valence-electron chi connectivity index (χ4n) is 3.09. The van der Waals surface area contributed by atoms with Gasteiger partial charge in [0.1, 0.15) is 5.69 Å². The molecule has 7 heteroatoms.